The van der Waals surface area contributed by atoms with Crippen molar-refractivity contribution in [2.75, 3.05) is 11.9 Å². The molecule has 1 heterocycles. The Hall–Kier alpha value is -2.50. The highest BCUT2D eigenvalue weighted by molar-refractivity contribution is 5.89. The molecule has 0 unspecified atom stereocenters. The van der Waals surface area contributed by atoms with Crippen molar-refractivity contribution < 1.29 is 14.1 Å². The molecule has 0 aliphatic rings. The van der Waals surface area contributed by atoms with E-state index in [2.05, 4.69) is 15.8 Å². The molecule has 0 aliphatic heterocycles. The van der Waals surface area contributed by atoms with Crippen LogP contribution >= 0.6 is 0 Å². The molecule has 1 aromatic carbocycles. The number of ether oxygens (including phenoxy) is 1. The molecular weight excluding hydrogens is 306 g/mol. The smallest absolute Gasteiger partial charge is 0.319 e. The minimum absolute atomic E-state index is 0.0430. The SMILES string of the molecule is CCOc1cc(NC(=O)N[C@@H](C)Cc2c(C)noc2C)ccc1C. The average Bonchev–Trinajstić information content (AvgIpc) is 2.82. The number of urea groups is 1. The molecule has 130 valence electrons. The van der Waals surface area contributed by atoms with Crippen LogP contribution in [0, 0.1) is 20.8 Å². The lowest BCUT2D eigenvalue weighted by Crippen LogP contribution is -2.37. The van der Waals surface area contributed by atoms with Gasteiger partial charge in [-0.05, 0) is 52.7 Å². The van der Waals surface area contributed by atoms with Gasteiger partial charge in [0.25, 0.3) is 0 Å². The monoisotopic (exact) mass is 331 g/mol. The summed E-state index contributed by atoms with van der Waals surface area (Å²) in [7, 11) is 0. The Morgan fingerprint density at radius 1 is 1.33 bits per heavy atom. The highest BCUT2D eigenvalue weighted by Crippen LogP contribution is 2.22. The van der Waals surface area contributed by atoms with Crippen LogP contribution in [0.3, 0.4) is 0 Å². The Balaban J connectivity index is 1.94. The molecule has 0 aliphatic carbocycles. The van der Waals surface area contributed by atoms with E-state index in [1.807, 2.05) is 52.8 Å². The molecule has 2 aromatic rings. The quantitative estimate of drug-likeness (QED) is 0.845. The van der Waals surface area contributed by atoms with Crippen molar-refractivity contribution in [3.63, 3.8) is 0 Å². The highest BCUT2D eigenvalue weighted by Gasteiger charge is 2.15. The number of hydrogen-bond donors (Lipinski definition) is 2. The standard InChI is InChI=1S/C18H25N3O3/c1-6-23-17-10-15(8-7-11(17)2)20-18(22)19-12(3)9-16-13(4)21-24-14(16)5/h7-8,10,12H,6,9H2,1-5H3,(H2,19,20,22)/t12-/m0/s1. The first-order valence-corrected chi connectivity index (χ1v) is 8.13. The van der Waals surface area contributed by atoms with Crippen LogP contribution in [0.2, 0.25) is 0 Å². The number of rotatable bonds is 6. The predicted octanol–water partition coefficient (Wildman–Crippen LogP) is 3.75. The fourth-order valence-electron chi connectivity index (χ4n) is 2.53. The molecule has 0 spiro atoms. The number of aromatic nitrogens is 1. The van der Waals surface area contributed by atoms with Gasteiger partial charge in [-0.2, -0.15) is 0 Å². The third-order valence-corrected chi connectivity index (χ3v) is 3.81. The lowest BCUT2D eigenvalue weighted by atomic mass is 10.1. The number of amides is 2. The number of aryl methyl sites for hydroxylation is 3. The predicted molar refractivity (Wildman–Crippen MR) is 93.6 cm³/mol. The van der Waals surface area contributed by atoms with E-state index in [1.165, 1.54) is 0 Å². The average molecular weight is 331 g/mol. The molecule has 6 heteroatoms. The second kappa shape index (κ2) is 7.86. The van der Waals surface area contributed by atoms with E-state index in [-0.39, 0.29) is 12.1 Å². The number of carbonyl (C=O) groups excluding carboxylic acids is 1. The fourth-order valence-corrected chi connectivity index (χ4v) is 2.53. The summed E-state index contributed by atoms with van der Waals surface area (Å²) >= 11 is 0. The first-order chi connectivity index (χ1) is 11.4. The second-order valence-corrected chi connectivity index (χ2v) is 5.92. The lowest BCUT2D eigenvalue weighted by Gasteiger charge is -2.15. The number of benzene rings is 1. The largest absolute Gasteiger partial charge is 0.494 e. The summed E-state index contributed by atoms with van der Waals surface area (Å²) in [6.07, 6.45) is 0.673. The second-order valence-electron chi connectivity index (χ2n) is 5.92. The van der Waals surface area contributed by atoms with E-state index < -0.39 is 0 Å². The van der Waals surface area contributed by atoms with Crippen molar-refractivity contribution in [3.05, 3.63) is 40.8 Å². The van der Waals surface area contributed by atoms with Gasteiger partial charge in [0.15, 0.2) is 0 Å². The van der Waals surface area contributed by atoms with Gasteiger partial charge in [-0.25, -0.2) is 4.79 Å². The summed E-state index contributed by atoms with van der Waals surface area (Å²) in [6.45, 7) is 10.2. The van der Waals surface area contributed by atoms with Crippen molar-refractivity contribution in [2.45, 2.75) is 47.1 Å². The summed E-state index contributed by atoms with van der Waals surface area (Å²) in [6, 6.07) is 5.32. The zero-order valence-electron chi connectivity index (χ0n) is 14.9. The first-order valence-electron chi connectivity index (χ1n) is 8.13. The maximum absolute atomic E-state index is 12.2. The molecule has 0 radical (unpaired) electrons. The molecule has 1 atom stereocenters. The normalized spacial score (nSPS) is 11.9. The number of carbonyl (C=O) groups is 1. The van der Waals surface area contributed by atoms with Gasteiger partial charge >= 0.3 is 6.03 Å². The Kier molecular flexibility index (Phi) is 5.84. The maximum atomic E-state index is 12.2. The van der Waals surface area contributed by atoms with Gasteiger partial charge in [-0.1, -0.05) is 11.2 Å². The molecule has 2 rings (SSSR count). The van der Waals surface area contributed by atoms with Crippen LogP contribution in [0.15, 0.2) is 22.7 Å². The van der Waals surface area contributed by atoms with E-state index in [9.17, 15) is 4.79 Å². The Morgan fingerprint density at radius 2 is 2.08 bits per heavy atom. The molecule has 0 fully saturated rings. The van der Waals surface area contributed by atoms with E-state index in [1.54, 1.807) is 0 Å². The molecule has 2 N–H and O–H groups in total. The number of nitrogens with zero attached hydrogens (tertiary/aromatic N) is 1. The van der Waals surface area contributed by atoms with Crippen molar-refractivity contribution in [1.29, 1.82) is 0 Å². The molecule has 0 saturated heterocycles. The van der Waals surface area contributed by atoms with E-state index in [0.29, 0.717) is 18.7 Å². The van der Waals surface area contributed by atoms with Crippen LogP contribution in [-0.2, 0) is 6.42 Å². The Labute approximate surface area is 142 Å². The van der Waals surface area contributed by atoms with Gasteiger partial charge in [0.05, 0.1) is 12.3 Å². The summed E-state index contributed by atoms with van der Waals surface area (Å²) in [5.74, 6) is 1.57. The van der Waals surface area contributed by atoms with E-state index in [4.69, 9.17) is 9.26 Å². The molecule has 6 nitrogen and oxygen atoms in total. The van der Waals surface area contributed by atoms with Gasteiger partial charge in [0, 0.05) is 23.4 Å². The van der Waals surface area contributed by atoms with Crippen LogP contribution in [0.1, 0.15) is 36.4 Å². The molecular formula is C18H25N3O3. The topological polar surface area (TPSA) is 76.4 Å². The third kappa shape index (κ3) is 4.50. The highest BCUT2D eigenvalue weighted by atomic mass is 16.5. The minimum atomic E-state index is -0.249. The lowest BCUT2D eigenvalue weighted by molar-refractivity contribution is 0.249. The fraction of sp³-hybridized carbons (Fsp3) is 0.444. The van der Waals surface area contributed by atoms with Crippen LogP contribution in [0.4, 0.5) is 10.5 Å². The van der Waals surface area contributed by atoms with Crippen LogP contribution < -0.4 is 15.4 Å². The minimum Gasteiger partial charge on any atom is -0.494 e. The van der Waals surface area contributed by atoms with Crippen LogP contribution in [0.25, 0.3) is 0 Å². The Morgan fingerprint density at radius 3 is 2.71 bits per heavy atom. The van der Waals surface area contributed by atoms with Gasteiger partial charge in [0.2, 0.25) is 0 Å². The van der Waals surface area contributed by atoms with E-state index >= 15 is 0 Å². The van der Waals surface area contributed by atoms with Crippen molar-refractivity contribution in [2.24, 2.45) is 0 Å². The molecule has 0 bridgehead atoms. The first kappa shape index (κ1) is 17.8. The Bertz CT molecular complexity index is 690. The van der Waals surface area contributed by atoms with Crippen molar-refractivity contribution in [3.8, 4) is 5.75 Å². The van der Waals surface area contributed by atoms with Gasteiger partial charge in [0.1, 0.15) is 11.5 Å². The van der Waals surface area contributed by atoms with Crippen molar-refractivity contribution in [1.82, 2.24) is 10.5 Å². The molecule has 1 aromatic heterocycles. The van der Waals surface area contributed by atoms with Gasteiger partial charge < -0.3 is 19.9 Å². The molecule has 0 saturated carbocycles. The van der Waals surface area contributed by atoms with Gasteiger partial charge in [-0.15, -0.1) is 0 Å². The number of nitrogens with one attached hydrogen (secondary N) is 2. The summed E-state index contributed by atoms with van der Waals surface area (Å²) < 4.78 is 10.7. The molecule has 2 amide bonds. The summed E-state index contributed by atoms with van der Waals surface area (Å²) in [5, 5.41) is 9.70. The maximum Gasteiger partial charge on any atom is 0.319 e. The van der Waals surface area contributed by atoms with Crippen LogP contribution in [0.5, 0.6) is 5.75 Å². The summed E-state index contributed by atoms with van der Waals surface area (Å²) in [4.78, 5) is 12.2. The third-order valence-electron chi connectivity index (χ3n) is 3.81. The summed E-state index contributed by atoms with van der Waals surface area (Å²) in [5.41, 5.74) is 3.64. The number of hydrogen-bond acceptors (Lipinski definition) is 4. The van der Waals surface area contributed by atoms with Crippen molar-refractivity contribution >= 4 is 11.7 Å². The van der Waals surface area contributed by atoms with Crippen LogP contribution in [-0.4, -0.2) is 23.8 Å². The van der Waals surface area contributed by atoms with Gasteiger partial charge in [-0.3, -0.25) is 0 Å². The zero-order chi connectivity index (χ0) is 17.7. The zero-order valence-corrected chi connectivity index (χ0v) is 14.9. The van der Waals surface area contributed by atoms with E-state index in [0.717, 1.165) is 28.3 Å². The molecule has 24 heavy (non-hydrogen) atoms. The number of anilines is 1.